The zero-order chi connectivity index (χ0) is 18.1. The summed E-state index contributed by atoms with van der Waals surface area (Å²) >= 11 is 5.88. The fourth-order valence-corrected chi connectivity index (χ4v) is 3.28. The smallest absolute Gasteiger partial charge is 0.254 e. The lowest BCUT2D eigenvalue weighted by molar-refractivity contribution is -0.124. The molecule has 0 radical (unpaired) electrons. The van der Waals surface area contributed by atoms with Crippen LogP contribution in [0.25, 0.3) is 0 Å². The van der Waals surface area contributed by atoms with Gasteiger partial charge in [-0.3, -0.25) is 9.59 Å². The van der Waals surface area contributed by atoms with Crippen LogP contribution >= 0.6 is 11.6 Å². The van der Waals surface area contributed by atoms with Gasteiger partial charge in [-0.15, -0.1) is 0 Å². The van der Waals surface area contributed by atoms with Crippen molar-refractivity contribution in [2.24, 2.45) is 0 Å². The normalized spacial score (nSPS) is 17.8. The van der Waals surface area contributed by atoms with E-state index in [0.29, 0.717) is 23.7 Å². The van der Waals surface area contributed by atoms with Crippen LogP contribution in [0.1, 0.15) is 28.4 Å². The number of hydrogen-bond acceptors (Lipinski definition) is 2. The lowest BCUT2D eigenvalue weighted by atomic mass is 10.1. The Labute approximate surface area is 153 Å². The minimum atomic E-state index is -0.503. The van der Waals surface area contributed by atoms with Gasteiger partial charge in [-0.05, 0) is 62.2 Å². The predicted molar refractivity (Wildman–Crippen MR) is 100 cm³/mol. The first-order chi connectivity index (χ1) is 11.9. The van der Waals surface area contributed by atoms with Crippen molar-refractivity contribution in [2.45, 2.75) is 26.8 Å². The van der Waals surface area contributed by atoms with Crippen LogP contribution < -0.4 is 4.90 Å². The number of carbonyl (C=O) groups is 2. The molecule has 0 aromatic heterocycles. The molecule has 1 aliphatic heterocycles. The fraction of sp³-hybridized carbons (Fsp3) is 0.300. The largest absolute Gasteiger partial charge is 0.325 e. The molecule has 0 saturated carbocycles. The molecule has 0 spiro atoms. The van der Waals surface area contributed by atoms with Crippen molar-refractivity contribution < 1.29 is 9.59 Å². The maximum atomic E-state index is 12.9. The number of halogens is 1. The predicted octanol–water partition coefficient (Wildman–Crippen LogP) is 3.83. The van der Waals surface area contributed by atoms with Gasteiger partial charge >= 0.3 is 0 Å². The first kappa shape index (κ1) is 17.5. The van der Waals surface area contributed by atoms with E-state index in [1.165, 1.54) is 0 Å². The molecule has 1 fully saturated rings. The van der Waals surface area contributed by atoms with Crippen LogP contribution in [0.2, 0.25) is 5.02 Å². The number of benzene rings is 2. The topological polar surface area (TPSA) is 40.6 Å². The second-order valence-electron chi connectivity index (χ2n) is 6.46. The lowest BCUT2D eigenvalue weighted by Crippen LogP contribution is -2.58. The van der Waals surface area contributed by atoms with Gasteiger partial charge in [-0.2, -0.15) is 0 Å². The summed E-state index contributed by atoms with van der Waals surface area (Å²) < 4.78 is 0. The van der Waals surface area contributed by atoms with Crippen molar-refractivity contribution >= 4 is 29.1 Å². The van der Waals surface area contributed by atoms with Crippen LogP contribution in [0, 0.1) is 13.8 Å². The number of rotatable bonds is 2. The van der Waals surface area contributed by atoms with Gasteiger partial charge in [-0.25, -0.2) is 0 Å². The van der Waals surface area contributed by atoms with Gasteiger partial charge in [0.25, 0.3) is 5.91 Å². The summed E-state index contributed by atoms with van der Waals surface area (Å²) in [6, 6.07) is 12.3. The van der Waals surface area contributed by atoms with Crippen molar-refractivity contribution in [1.29, 1.82) is 0 Å². The van der Waals surface area contributed by atoms with Gasteiger partial charge in [0.15, 0.2) is 0 Å². The summed E-state index contributed by atoms with van der Waals surface area (Å²) in [5, 5.41) is 0.584. The van der Waals surface area contributed by atoms with Crippen molar-refractivity contribution in [2.75, 3.05) is 18.0 Å². The molecule has 1 unspecified atom stereocenters. The zero-order valence-corrected chi connectivity index (χ0v) is 15.4. The Morgan fingerprint density at radius 3 is 2.44 bits per heavy atom. The molecule has 1 atom stereocenters. The molecule has 2 aromatic rings. The van der Waals surface area contributed by atoms with E-state index in [-0.39, 0.29) is 11.8 Å². The number of anilines is 1. The minimum Gasteiger partial charge on any atom is -0.325 e. The average molecular weight is 357 g/mol. The van der Waals surface area contributed by atoms with E-state index in [9.17, 15) is 9.59 Å². The Hall–Kier alpha value is -2.33. The molecule has 2 aromatic carbocycles. The molecular formula is C20H21ClN2O2. The van der Waals surface area contributed by atoms with Gasteiger partial charge in [0.1, 0.15) is 6.04 Å². The number of amides is 2. The van der Waals surface area contributed by atoms with Gasteiger partial charge in [0.2, 0.25) is 5.91 Å². The third-order valence-corrected chi connectivity index (χ3v) is 4.91. The summed E-state index contributed by atoms with van der Waals surface area (Å²) in [5.41, 5.74) is 3.64. The van der Waals surface area contributed by atoms with E-state index in [0.717, 1.165) is 16.8 Å². The monoisotopic (exact) mass is 356 g/mol. The van der Waals surface area contributed by atoms with Crippen LogP contribution in [0.4, 0.5) is 5.69 Å². The summed E-state index contributed by atoms with van der Waals surface area (Å²) in [6.07, 6.45) is 0. The average Bonchev–Trinajstić information content (AvgIpc) is 2.60. The standard InChI is InChI=1S/C20H21ClN2O2/c1-13-4-5-14(2)18(12-13)23-11-10-22(15(3)19(23)24)20(25)16-6-8-17(21)9-7-16/h4-9,12,15H,10-11H2,1-3H3. The van der Waals surface area contributed by atoms with Crippen LogP contribution in [-0.2, 0) is 4.79 Å². The Morgan fingerprint density at radius 2 is 1.76 bits per heavy atom. The van der Waals surface area contributed by atoms with Crippen molar-refractivity contribution in [3.05, 3.63) is 64.2 Å². The highest BCUT2D eigenvalue weighted by Gasteiger charge is 2.35. The summed E-state index contributed by atoms with van der Waals surface area (Å²) in [5.74, 6) is -0.194. The first-order valence-corrected chi connectivity index (χ1v) is 8.71. The highest BCUT2D eigenvalue weighted by atomic mass is 35.5. The van der Waals surface area contributed by atoms with E-state index in [2.05, 4.69) is 0 Å². The maximum absolute atomic E-state index is 12.9. The highest BCUT2D eigenvalue weighted by molar-refractivity contribution is 6.30. The highest BCUT2D eigenvalue weighted by Crippen LogP contribution is 2.26. The van der Waals surface area contributed by atoms with Crippen molar-refractivity contribution in [1.82, 2.24) is 4.90 Å². The molecule has 0 N–H and O–H groups in total. The third kappa shape index (κ3) is 3.40. The van der Waals surface area contributed by atoms with Gasteiger partial charge < -0.3 is 9.80 Å². The lowest BCUT2D eigenvalue weighted by Gasteiger charge is -2.39. The summed E-state index contributed by atoms with van der Waals surface area (Å²) in [7, 11) is 0. The Morgan fingerprint density at radius 1 is 1.08 bits per heavy atom. The molecule has 4 nitrogen and oxygen atoms in total. The molecular weight excluding hydrogens is 336 g/mol. The van der Waals surface area contributed by atoms with Gasteiger partial charge in [0.05, 0.1) is 0 Å². The minimum absolute atomic E-state index is 0.0535. The molecule has 1 saturated heterocycles. The number of carbonyl (C=O) groups excluding carboxylic acids is 2. The fourth-order valence-electron chi connectivity index (χ4n) is 3.16. The zero-order valence-electron chi connectivity index (χ0n) is 14.6. The molecule has 5 heteroatoms. The quantitative estimate of drug-likeness (QED) is 0.820. The van der Waals surface area contributed by atoms with Gasteiger partial charge in [0, 0.05) is 29.4 Å². The Balaban J connectivity index is 1.83. The molecule has 25 heavy (non-hydrogen) atoms. The van der Waals surface area contributed by atoms with E-state index >= 15 is 0 Å². The molecule has 2 amide bonds. The molecule has 3 rings (SSSR count). The van der Waals surface area contributed by atoms with E-state index in [4.69, 9.17) is 11.6 Å². The SMILES string of the molecule is Cc1ccc(C)c(N2CCN(C(=O)c3ccc(Cl)cc3)C(C)C2=O)c1. The molecule has 0 bridgehead atoms. The molecule has 130 valence electrons. The van der Waals surface area contributed by atoms with Crippen LogP contribution in [0.15, 0.2) is 42.5 Å². The van der Waals surface area contributed by atoms with E-state index < -0.39 is 6.04 Å². The second kappa shape index (κ2) is 6.89. The first-order valence-electron chi connectivity index (χ1n) is 8.33. The Kier molecular flexibility index (Phi) is 4.82. The van der Waals surface area contributed by atoms with Crippen molar-refractivity contribution in [3.63, 3.8) is 0 Å². The Bertz CT molecular complexity index is 817. The van der Waals surface area contributed by atoms with Crippen molar-refractivity contribution in [3.8, 4) is 0 Å². The summed E-state index contributed by atoms with van der Waals surface area (Å²) in [6.45, 7) is 6.79. The van der Waals surface area contributed by atoms with E-state index in [1.807, 2.05) is 32.0 Å². The maximum Gasteiger partial charge on any atom is 0.254 e. The van der Waals surface area contributed by atoms with Crippen LogP contribution in [0.3, 0.4) is 0 Å². The van der Waals surface area contributed by atoms with E-state index in [1.54, 1.807) is 41.0 Å². The molecule has 1 heterocycles. The second-order valence-corrected chi connectivity index (χ2v) is 6.90. The molecule has 1 aliphatic rings. The van der Waals surface area contributed by atoms with Gasteiger partial charge in [-0.1, -0.05) is 23.7 Å². The van der Waals surface area contributed by atoms with Crippen LogP contribution in [0.5, 0.6) is 0 Å². The van der Waals surface area contributed by atoms with Crippen LogP contribution in [-0.4, -0.2) is 35.8 Å². The molecule has 0 aliphatic carbocycles. The number of piperazine rings is 1. The number of aryl methyl sites for hydroxylation is 2. The summed E-state index contributed by atoms with van der Waals surface area (Å²) in [4.78, 5) is 29.1. The number of hydrogen-bond donors (Lipinski definition) is 0. The third-order valence-electron chi connectivity index (χ3n) is 4.66. The number of nitrogens with zero attached hydrogens (tertiary/aromatic N) is 2.